The first kappa shape index (κ1) is 13.3. The van der Waals surface area contributed by atoms with Crippen molar-refractivity contribution < 1.29 is 4.92 Å². The predicted octanol–water partition coefficient (Wildman–Crippen LogP) is 2.09. The van der Waals surface area contributed by atoms with E-state index in [1.165, 1.54) is 6.07 Å². The molecule has 0 bridgehead atoms. The molecule has 18 heavy (non-hydrogen) atoms. The highest BCUT2D eigenvalue weighted by atomic mass is 35.5. The van der Waals surface area contributed by atoms with Crippen LogP contribution in [0.5, 0.6) is 0 Å². The molecule has 1 saturated heterocycles. The number of nitro groups is 1. The highest BCUT2D eigenvalue weighted by molar-refractivity contribution is 6.32. The van der Waals surface area contributed by atoms with E-state index in [9.17, 15) is 10.1 Å². The second-order valence-corrected chi connectivity index (χ2v) is 5.29. The lowest BCUT2D eigenvalue weighted by Gasteiger charge is -2.24. The van der Waals surface area contributed by atoms with Crippen molar-refractivity contribution in [2.45, 2.75) is 25.4 Å². The molecule has 1 heterocycles. The molecule has 1 fully saturated rings. The standard InChI is InChI=1S/C12H16ClN3O2/c1-12(4-5-14-8-12)15-7-9-2-3-10(13)11(6-9)16(17)18/h2-3,6,14-15H,4-5,7-8H2,1H3. The monoisotopic (exact) mass is 269 g/mol. The third-order valence-electron chi connectivity index (χ3n) is 3.30. The Hall–Kier alpha value is -1.17. The number of hydrogen-bond donors (Lipinski definition) is 2. The van der Waals surface area contributed by atoms with Crippen LogP contribution in [0.4, 0.5) is 5.69 Å². The van der Waals surface area contributed by atoms with Gasteiger partial charge in [-0.1, -0.05) is 17.7 Å². The molecule has 6 heteroatoms. The van der Waals surface area contributed by atoms with E-state index in [2.05, 4.69) is 17.6 Å². The first-order chi connectivity index (χ1) is 8.50. The molecule has 1 aromatic rings. The van der Waals surface area contributed by atoms with Crippen molar-refractivity contribution in [3.63, 3.8) is 0 Å². The van der Waals surface area contributed by atoms with Crippen LogP contribution in [0.2, 0.25) is 5.02 Å². The molecule has 1 unspecified atom stereocenters. The lowest BCUT2D eigenvalue weighted by Crippen LogP contribution is -2.43. The van der Waals surface area contributed by atoms with Gasteiger partial charge >= 0.3 is 0 Å². The van der Waals surface area contributed by atoms with Gasteiger partial charge in [-0.05, 0) is 31.5 Å². The van der Waals surface area contributed by atoms with Gasteiger partial charge in [-0.2, -0.15) is 0 Å². The van der Waals surface area contributed by atoms with E-state index in [4.69, 9.17) is 11.6 Å². The van der Waals surface area contributed by atoms with Crippen LogP contribution in [0.1, 0.15) is 18.9 Å². The van der Waals surface area contributed by atoms with Gasteiger partial charge in [0.25, 0.3) is 5.69 Å². The van der Waals surface area contributed by atoms with Crippen LogP contribution in [-0.2, 0) is 6.54 Å². The molecule has 5 nitrogen and oxygen atoms in total. The third kappa shape index (κ3) is 2.98. The molecule has 2 rings (SSSR count). The maximum absolute atomic E-state index is 10.8. The summed E-state index contributed by atoms with van der Waals surface area (Å²) >= 11 is 5.77. The molecule has 0 radical (unpaired) electrons. The maximum Gasteiger partial charge on any atom is 0.288 e. The van der Waals surface area contributed by atoms with Gasteiger partial charge in [-0.25, -0.2) is 0 Å². The van der Waals surface area contributed by atoms with Crippen LogP contribution in [0.25, 0.3) is 0 Å². The van der Waals surface area contributed by atoms with Gasteiger partial charge in [-0.15, -0.1) is 0 Å². The Morgan fingerprint density at radius 3 is 3.00 bits per heavy atom. The zero-order valence-corrected chi connectivity index (χ0v) is 11.0. The highest BCUT2D eigenvalue weighted by Gasteiger charge is 2.27. The minimum atomic E-state index is -0.454. The molecule has 98 valence electrons. The van der Waals surface area contributed by atoms with E-state index < -0.39 is 4.92 Å². The summed E-state index contributed by atoms with van der Waals surface area (Å²) in [6, 6.07) is 4.92. The fourth-order valence-corrected chi connectivity index (χ4v) is 2.28. The zero-order valence-electron chi connectivity index (χ0n) is 10.2. The first-order valence-corrected chi connectivity index (χ1v) is 6.27. The Labute approximate surface area is 111 Å². The summed E-state index contributed by atoms with van der Waals surface area (Å²) < 4.78 is 0. The van der Waals surface area contributed by atoms with Crippen molar-refractivity contribution in [3.05, 3.63) is 38.9 Å². The minimum absolute atomic E-state index is 0.0364. The normalized spacial score (nSPS) is 23.2. The van der Waals surface area contributed by atoms with Crippen LogP contribution in [0, 0.1) is 10.1 Å². The molecule has 1 aliphatic heterocycles. The van der Waals surface area contributed by atoms with Gasteiger partial charge in [-0.3, -0.25) is 10.1 Å². The SMILES string of the molecule is CC1(NCc2ccc(Cl)c([N+](=O)[O-])c2)CCNC1. The summed E-state index contributed by atoms with van der Waals surface area (Å²) in [5, 5.41) is 17.7. The van der Waals surface area contributed by atoms with E-state index >= 15 is 0 Å². The number of nitrogens with zero attached hydrogens (tertiary/aromatic N) is 1. The summed E-state index contributed by atoms with van der Waals surface area (Å²) in [5.74, 6) is 0. The van der Waals surface area contributed by atoms with E-state index in [1.54, 1.807) is 6.07 Å². The van der Waals surface area contributed by atoms with Gasteiger partial charge in [0.1, 0.15) is 5.02 Å². The largest absolute Gasteiger partial charge is 0.315 e. The molecule has 0 spiro atoms. The van der Waals surface area contributed by atoms with Crippen molar-refractivity contribution in [1.82, 2.24) is 10.6 Å². The van der Waals surface area contributed by atoms with Gasteiger partial charge in [0.2, 0.25) is 0 Å². The van der Waals surface area contributed by atoms with Crippen molar-refractivity contribution in [1.29, 1.82) is 0 Å². The average Bonchev–Trinajstić information content (AvgIpc) is 2.75. The van der Waals surface area contributed by atoms with E-state index in [1.807, 2.05) is 6.07 Å². The topological polar surface area (TPSA) is 67.2 Å². The quantitative estimate of drug-likeness (QED) is 0.649. The lowest BCUT2D eigenvalue weighted by atomic mass is 10.0. The second kappa shape index (κ2) is 5.22. The number of rotatable bonds is 4. The lowest BCUT2D eigenvalue weighted by molar-refractivity contribution is -0.384. The van der Waals surface area contributed by atoms with Crippen molar-refractivity contribution in [3.8, 4) is 0 Å². The van der Waals surface area contributed by atoms with E-state index in [0.717, 1.165) is 25.1 Å². The van der Waals surface area contributed by atoms with Gasteiger partial charge in [0.05, 0.1) is 4.92 Å². The third-order valence-corrected chi connectivity index (χ3v) is 3.61. The molecule has 0 amide bonds. The Morgan fingerprint density at radius 2 is 2.39 bits per heavy atom. The molecule has 0 saturated carbocycles. The molecule has 0 aromatic heterocycles. The summed E-state index contributed by atoms with van der Waals surface area (Å²) in [4.78, 5) is 10.3. The molecule has 2 N–H and O–H groups in total. The molecule has 1 atom stereocenters. The van der Waals surface area contributed by atoms with E-state index in [0.29, 0.717) is 6.54 Å². The van der Waals surface area contributed by atoms with Gasteiger partial charge < -0.3 is 10.6 Å². The summed E-state index contributed by atoms with van der Waals surface area (Å²) in [5.41, 5.74) is 0.902. The van der Waals surface area contributed by atoms with Crippen LogP contribution >= 0.6 is 11.6 Å². The summed E-state index contributed by atoms with van der Waals surface area (Å²) in [6.07, 6.45) is 1.06. The molecule has 1 aromatic carbocycles. The Bertz CT molecular complexity index is 459. The number of nitrogens with one attached hydrogen (secondary N) is 2. The fraction of sp³-hybridized carbons (Fsp3) is 0.500. The first-order valence-electron chi connectivity index (χ1n) is 5.89. The van der Waals surface area contributed by atoms with Gasteiger partial charge in [0, 0.05) is 24.7 Å². The number of halogens is 1. The molecular weight excluding hydrogens is 254 g/mol. The Morgan fingerprint density at radius 1 is 1.61 bits per heavy atom. The summed E-state index contributed by atoms with van der Waals surface area (Å²) in [7, 11) is 0. The van der Waals surface area contributed by atoms with Crippen molar-refractivity contribution in [2.24, 2.45) is 0 Å². The Balaban J connectivity index is 2.05. The number of nitro benzene ring substituents is 1. The van der Waals surface area contributed by atoms with Crippen LogP contribution in [-0.4, -0.2) is 23.6 Å². The maximum atomic E-state index is 10.8. The van der Waals surface area contributed by atoms with Gasteiger partial charge in [0.15, 0.2) is 0 Å². The zero-order chi connectivity index (χ0) is 13.2. The second-order valence-electron chi connectivity index (χ2n) is 4.88. The molecule has 1 aliphatic rings. The van der Waals surface area contributed by atoms with Crippen molar-refractivity contribution in [2.75, 3.05) is 13.1 Å². The van der Waals surface area contributed by atoms with Crippen LogP contribution in [0.15, 0.2) is 18.2 Å². The Kier molecular flexibility index (Phi) is 3.85. The smallest absolute Gasteiger partial charge is 0.288 e. The van der Waals surface area contributed by atoms with E-state index in [-0.39, 0.29) is 16.2 Å². The molecule has 0 aliphatic carbocycles. The predicted molar refractivity (Wildman–Crippen MR) is 70.8 cm³/mol. The average molecular weight is 270 g/mol. The minimum Gasteiger partial charge on any atom is -0.315 e. The van der Waals surface area contributed by atoms with Crippen molar-refractivity contribution >= 4 is 17.3 Å². The van der Waals surface area contributed by atoms with Crippen LogP contribution in [0.3, 0.4) is 0 Å². The summed E-state index contributed by atoms with van der Waals surface area (Å²) in [6.45, 7) is 4.68. The highest BCUT2D eigenvalue weighted by Crippen LogP contribution is 2.25. The van der Waals surface area contributed by atoms with Crippen LogP contribution < -0.4 is 10.6 Å². The molecular formula is C12H16ClN3O2. The fourth-order valence-electron chi connectivity index (χ4n) is 2.09. The number of hydrogen-bond acceptors (Lipinski definition) is 4. The number of benzene rings is 1.